The fourth-order valence-corrected chi connectivity index (χ4v) is 0. The van der Waals surface area contributed by atoms with Gasteiger partial charge in [0.1, 0.15) is 0 Å². The van der Waals surface area contributed by atoms with Gasteiger partial charge in [-0.15, -0.1) is 0 Å². The summed E-state index contributed by atoms with van der Waals surface area (Å²) in [5.74, 6) is -0.833. The van der Waals surface area contributed by atoms with Crippen LogP contribution in [-0.2, 0) is 21.9 Å². The van der Waals surface area contributed by atoms with Gasteiger partial charge in [-0.2, -0.15) is 0 Å². The molecule has 0 bridgehead atoms. The van der Waals surface area contributed by atoms with Gasteiger partial charge in [0.15, 0.2) is 0 Å². The fraction of sp³-hybridized carbons (Fsp3) is 0.500. The van der Waals surface area contributed by atoms with Crippen molar-refractivity contribution in [2.24, 2.45) is 0 Å². The molecule has 0 aliphatic carbocycles. The van der Waals surface area contributed by atoms with Gasteiger partial charge in [0.25, 0.3) is 5.97 Å². The molecular weight excluding hydrogens is 207 g/mol. The maximum absolute atomic E-state index is 9.00. The van der Waals surface area contributed by atoms with Gasteiger partial charge < -0.3 is 38.0 Å². The zero-order chi connectivity index (χ0) is 3.58. The first-order chi connectivity index (χ1) is 1.73. The van der Waals surface area contributed by atoms with Crippen LogP contribution in [0, 0.1) is 0 Å². The Morgan fingerprint density at radius 2 is 0.909 bits per heavy atom. The molecule has 0 saturated carbocycles. The van der Waals surface area contributed by atoms with E-state index in [1.54, 1.807) is 0 Å². The van der Waals surface area contributed by atoms with Gasteiger partial charge in [0.05, 0.1) is 0 Å². The fourth-order valence-electron chi connectivity index (χ4n) is 0. The maximum atomic E-state index is 9.00. The van der Waals surface area contributed by atoms with E-state index >= 15 is 0 Å². The molecule has 1 radical (unpaired) electrons. The van der Waals surface area contributed by atoms with E-state index < -0.39 is 5.97 Å². The van der Waals surface area contributed by atoms with E-state index in [0.717, 1.165) is 6.92 Å². The number of carboxylic acid groups (broad SMARTS) is 1. The van der Waals surface area contributed by atoms with E-state index in [0.29, 0.717) is 0 Å². The molecule has 0 aromatic heterocycles. The molecule has 0 amide bonds. The van der Waals surface area contributed by atoms with Gasteiger partial charge >= 0.3 is 0 Å². The predicted octanol–water partition coefficient (Wildman–Crippen LogP) is -4.86. The number of hydrogen-bond acceptors (Lipinski definition) is 1. The summed E-state index contributed by atoms with van der Waals surface area (Å²) in [6.07, 6.45) is 0. The number of rotatable bonds is 0. The minimum absolute atomic E-state index is 0. The Morgan fingerprint density at radius 3 is 0.909 bits per heavy atom. The third kappa shape index (κ3) is 9330. The van der Waals surface area contributed by atoms with Crippen LogP contribution in [0.25, 0.3) is 0 Å². The third-order valence-electron chi connectivity index (χ3n) is 0. The van der Waals surface area contributed by atoms with Crippen molar-refractivity contribution >= 4 is 5.97 Å². The van der Waals surface area contributed by atoms with E-state index in [4.69, 9.17) is 9.90 Å². The van der Waals surface area contributed by atoms with Crippen LogP contribution < -0.4 is 0 Å². The van der Waals surface area contributed by atoms with Crippen LogP contribution in [0.5, 0.6) is 0 Å². The molecule has 0 fully saturated rings. The molecule has 0 aromatic carbocycles. The number of carboxylic acids is 1. The van der Waals surface area contributed by atoms with E-state index in [-0.39, 0.29) is 49.9 Å². The molecule has 79 valence electrons. The second-order valence-electron chi connectivity index (χ2n) is 0.519. The van der Waals surface area contributed by atoms with Crippen molar-refractivity contribution in [3.05, 3.63) is 0 Å². The van der Waals surface area contributed by atoms with Crippen molar-refractivity contribution < 1.29 is 59.8 Å². The largest absolute Gasteiger partial charge is 0.481 e. The number of hydrogen-bond donors (Lipinski definition) is 1. The summed E-state index contributed by atoms with van der Waals surface area (Å²) >= 11 is 0. The van der Waals surface area contributed by atoms with Crippen molar-refractivity contribution in [1.82, 2.24) is 0 Å². The van der Waals surface area contributed by atoms with E-state index in [1.165, 1.54) is 0 Å². The Kier molecular flexibility index (Phi) is 1210. The Balaban J connectivity index is -0.00000000214. The average Bonchev–Trinajstić information content (AvgIpc) is 0.811. The zero-order valence-corrected chi connectivity index (χ0v) is 6.91. The van der Waals surface area contributed by atoms with Gasteiger partial charge in [-0.3, -0.25) is 4.79 Å². The SMILES string of the molecule is CC(=O)O.O.O.O.O.O.O.[Mn]. The van der Waals surface area contributed by atoms with Crippen LogP contribution >= 0.6 is 0 Å². The molecule has 9 heteroatoms. The molecule has 0 aromatic rings. The van der Waals surface area contributed by atoms with Gasteiger partial charge in [-0.1, -0.05) is 0 Å². The summed E-state index contributed by atoms with van der Waals surface area (Å²) < 4.78 is 0. The molecule has 0 unspecified atom stereocenters. The van der Waals surface area contributed by atoms with Crippen molar-refractivity contribution in [2.45, 2.75) is 6.92 Å². The van der Waals surface area contributed by atoms with E-state index in [2.05, 4.69) is 0 Å². The first kappa shape index (κ1) is 135. The second-order valence-corrected chi connectivity index (χ2v) is 0.519. The monoisotopic (exact) mass is 223 g/mol. The van der Waals surface area contributed by atoms with E-state index in [1.807, 2.05) is 0 Å². The molecule has 8 nitrogen and oxygen atoms in total. The zero-order valence-electron chi connectivity index (χ0n) is 5.73. The topological polar surface area (TPSA) is 226 Å². The normalized spacial score (nSPS) is 2.27. The molecule has 0 aliphatic rings. The van der Waals surface area contributed by atoms with Crippen LogP contribution in [0.4, 0.5) is 0 Å². The smallest absolute Gasteiger partial charge is 0.300 e. The Labute approximate surface area is 73.5 Å². The van der Waals surface area contributed by atoms with Crippen LogP contribution in [-0.4, -0.2) is 43.9 Å². The van der Waals surface area contributed by atoms with Crippen molar-refractivity contribution in [3.63, 3.8) is 0 Å². The minimum atomic E-state index is -0.833. The molecule has 0 spiro atoms. The first-order valence-corrected chi connectivity index (χ1v) is 0.928. The molecule has 0 saturated heterocycles. The van der Waals surface area contributed by atoms with E-state index in [9.17, 15) is 0 Å². The summed E-state index contributed by atoms with van der Waals surface area (Å²) in [5.41, 5.74) is 0. The Bertz CT molecular complexity index is 35.1. The predicted molar refractivity (Wildman–Crippen MR) is 35.0 cm³/mol. The summed E-state index contributed by atoms with van der Waals surface area (Å²) in [6, 6.07) is 0. The molecule has 11 heavy (non-hydrogen) atoms. The standard InChI is InChI=1S/C2H4O2.Mn.6H2O/c1-2(3)4;;;;;;;/h1H3,(H,3,4);;6*1H2. The summed E-state index contributed by atoms with van der Waals surface area (Å²) in [7, 11) is 0. The molecule has 0 atom stereocenters. The quantitative estimate of drug-likeness (QED) is 0.398. The Morgan fingerprint density at radius 1 is 0.909 bits per heavy atom. The molecule has 0 aliphatic heterocycles. The van der Waals surface area contributed by atoms with Crippen molar-refractivity contribution in [2.75, 3.05) is 0 Å². The average molecular weight is 223 g/mol. The second kappa shape index (κ2) is 98.7. The number of carbonyl (C=O) groups is 1. The van der Waals surface area contributed by atoms with Crippen LogP contribution in [0.3, 0.4) is 0 Å². The van der Waals surface area contributed by atoms with Crippen molar-refractivity contribution in [3.8, 4) is 0 Å². The molecular formula is C2H16MnO8. The van der Waals surface area contributed by atoms with Crippen LogP contribution in [0.2, 0.25) is 0 Å². The summed E-state index contributed by atoms with van der Waals surface area (Å²) in [5, 5.41) is 7.42. The molecule has 0 rings (SSSR count). The molecule has 0 heterocycles. The minimum Gasteiger partial charge on any atom is -0.481 e. The van der Waals surface area contributed by atoms with Crippen LogP contribution in [0.1, 0.15) is 6.92 Å². The summed E-state index contributed by atoms with van der Waals surface area (Å²) in [4.78, 5) is 9.00. The van der Waals surface area contributed by atoms with Gasteiger partial charge in [0, 0.05) is 24.0 Å². The van der Waals surface area contributed by atoms with Gasteiger partial charge in [0.2, 0.25) is 0 Å². The first-order valence-electron chi connectivity index (χ1n) is 0.928. The van der Waals surface area contributed by atoms with Crippen LogP contribution in [0.15, 0.2) is 0 Å². The molecule has 13 N–H and O–H groups in total. The van der Waals surface area contributed by atoms with Crippen molar-refractivity contribution in [1.29, 1.82) is 0 Å². The third-order valence-corrected chi connectivity index (χ3v) is 0. The number of aliphatic carboxylic acids is 1. The summed E-state index contributed by atoms with van der Waals surface area (Å²) in [6.45, 7) is 1.08. The Hall–Kier alpha value is -0.251. The van der Waals surface area contributed by atoms with Gasteiger partial charge in [-0.05, 0) is 0 Å². The van der Waals surface area contributed by atoms with Gasteiger partial charge in [-0.25, -0.2) is 0 Å². The maximum Gasteiger partial charge on any atom is 0.300 e.